The van der Waals surface area contributed by atoms with E-state index in [9.17, 15) is 9.59 Å². The third-order valence-corrected chi connectivity index (χ3v) is 3.97. The largest absolute Gasteiger partial charge is 0.370 e. The molecule has 1 aromatic heterocycles. The van der Waals surface area contributed by atoms with Crippen LogP contribution in [0.25, 0.3) is 0 Å². The molecule has 2 N–H and O–H groups in total. The fourth-order valence-electron chi connectivity index (χ4n) is 2.93. The number of imide groups is 1. The Morgan fingerprint density at radius 1 is 1.23 bits per heavy atom. The van der Waals surface area contributed by atoms with Crippen LogP contribution in [0.1, 0.15) is 17.8 Å². The van der Waals surface area contributed by atoms with E-state index in [1.165, 1.54) is 0 Å². The van der Waals surface area contributed by atoms with Crippen LogP contribution >= 0.6 is 0 Å². The highest BCUT2D eigenvalue weighted by molar-refractivity contribution is 6.05. The molecule has 2 amide bonds. The summed E-state index contributed by atoms with van der Waals surface area (Å²) >= 11 is 0. The molecule has 1 aromatic rings. The number of rotatable bonds is 3. The summed E-state index contributed by atoms with van der Waals surface area (Å²) in [4.78, 5) is 34.2. The minimum atomic E-state index is -0.338. The molecule has 0 aromatic carbocycles. The average Bonchev–Trinajstić information content (AvgIpc) is 2.75. The molecule has 0 unspecified atom stereocenters. The van der Waals surface area contributed by atoms with Crippen LogP contribution in [0, 0.1) is 13.8 Å². The normalized spacial score (nSPS) is 23.2. The smallest absolute Gasteiger partial charge is 0.306 e. The Morgan fingerprint density at radius 3 is 2.50 bits per heavy atom. The van der Waals surface area contributed by atoms with Crippen LogP contribution in [0.3, 0.4) is 0 Å². The molecule has 2 aliphatic heterocycles. The first-order valence-electron chi connectivity index (χ1n) is 7.42. The van der Waals surface area contributed by atoms with Crippen LogP contribution in [0.2, 0.25) is 0 Å². The highest BCUT2D eigenvalue weighted by atomic mass is 16.5. The van der Waals surface area contributed by atoms with E-state index in [-0.39, 0.29) is 30.2 Å². The second kappa shape index (κ2) is 5.98. The van der Waals surface area contributed by atoms with E-state index in [4.69, 9.17) is 4.74 Å². The van der Waals surface area contributed by atoms with Gasteiger partial charge in [0.05, 0.1) is 19.6 Å². The molecule has 0 saturated carbocycles. The number of nitrogens with one attached hydrogen (secondary N) is 2. The molecule has 0 bridgehead atoms. The molecule has 2 fully saturated rings. The first-order chi connectivity index (χ1) is 10.5. The summed E-state index contributed by atoms with van der Waals surface area (Å²) in [5, 5.41) is 1.06. The Labute approximate surface area is 128 Å². The Kier molecular flexibility index (Phi) is 4.04. The second-order valence-electron chi connectivity index (χ2n) is 5.68. The number of hydrogen-bond acceptors (Lipinski definition) is 6. The van der Waals surface area contributed by atoms with Crippen molar-refractivity contribution >= 4 is 17.8 Å². The van der Waals surface area contributed by atoms with Crippen LogP contribution in [0.15, 0.2) is 6.07 Å². The Hall–Kier alpha value is -2.06. The molecule has 0 aliphatic carbocycles. The van der Waals surface area contributed by atoms with E-state index in [0.717, 1.165) is 34.4 Å². The summed E-state index contributed by atoms with van der Waals surface area (Å²) < 4.78 is 5.30. The summed E-state index contributed by atoms with van der Waals surface area (Å²) in [6, 6.07) is 1.49. The van der Waals surface area contributed by atoms with Crippen molar-refractivity contribution in [1.29, 1.82) is 0 Å². The molecule has 8 nitrogen and oxygen atoms in total. The van der Waals surface area contributed by atoms with Crippen molar-refractivity contribution < 1.29 is 19.2 Å². The molecule has 22 heavy (non-hydrogen) atoms. The third kappa shape index (κ3) is 2.93. The Morgan fingerprint density at radius 2 is 1.86 bits per heavy atom. The summed E-state index contributed by atoms with van der Waals surface area (Å²) in [7, 11) is 0. The minimum Gasteiger partial charge on any atom is -0.370 e. The lowest BCUT2D eigenvalue weighted by atomic mass is 10.2. The van der Waals surface area contributed by atoms with Gasteiger partial charge in [-0.25, -0.2) is 9.97 Å². The van der Waals surface area contributed by atoms with Crippen LogP contribution in [0.4, 0.5) is 5.95 Å². The van der Waals surface area contributed by atoms with Crippen molar-refractivity contribution in [2.45, 2.75) is 26.3 Å². The lowest BCUT2D eigenvalue weighted by molar-refractivity contribution is -0.922. The van der Waals surface area contributed by atoms with Crippen molar-refractivity contribution in [3.05, 3.63) is 17.5 Å². The third-order valence-electron chi connectivity index (χ3n) is 3.97. The van der Waals surface area contributed by atoms with Gasteiger partial charge in [-0.2, -0.15) is 5.01 Å². The quantitative estimate of drug-likeness (QED) is 0.658. The SMILES string of the molecule is Cc1cc(C)nc(NN2C(=O)C[C@H]([NH+]3CCOCC3)C2=O)n1. The molecule has 3 heterocycles. The first-order valence-corrected chi connectivity index (χ1v) is 7.42. The van der Waals surface area contributed by atoms with Gasteiger partial charge in [-0.05, 0) is 19.9 Å². The monoisotopic (exact) mass is 306 g/mol. The van der Waals surface area contributed by atoms with E-state index in [1.54, 1.807) is 0 Å². The topological polar surface area (TPSA) is 88.9 Å². The fraction of sp³-hybridized carbons (Fsp3) is 0.571. The molecule has 3 rings (SSSR count). The molecule has 118 valence electrons. The number of quaternary nitrogens is 1. The number of carbonyl (C=O) groups is 2. The Bertz CT molecular complexity index is 580. The van der Waals surface area contributed by atoms with Gasteiger partial charge < -0.3 is 9.64 Å². The molecule has 2 aliphatic rings. The molecule has 1 atom stereocenters. The molecule has 2 saturated heterocycles. The van der Waals surface area contributed by atoms with Gasteiger partial charge in [0.25, 0.3) is 5.91 Å². The molecule has 0 spiro atoms. The zero-order valence-corrected chi connectivity index (χ0v) is 12.8. The highest BCUT2D eigenvalue weighted by Crippen LogP contribution is 2.13. The number of hydrogen-bond donors (Lipinski definition) is 2. The number of anilines is 1. The van der Waals surface area contributed by atoms with E-state index in [2.05, 4.69) is 15.4 Å². The van der Waals surface area contributed by atoms with Gasteiger partial charge >= 0.3 is 5.91 Å². The van der Waals surface area contributed by atoms with Gasteiger partial charge in [0, 0.05) is 11.4 Å². The first kappa shape index (κ1) is 14.9. The minimum absolute atomic E-state index is 0.214. The van der Waals surface area contributed by atoms with Crippen molar-refractivity contribution in [3.63, 3.8) is 0 Å². The lowest BCUT2D eigenvalue weighted by Gasteiger charge is -2.27. The number of nitrogens with zero attached hydrogens (tertiary/aromatic N) is 3. The van der Waals surface area contributed by atoms with Crippen LogP contribution in [0.5, 0.6) is 0 Å². The zero-order valence-electron chi connectivity index (χ0n) is 12.8. The number of aryl methyl sites for hydroxylation is 2. The van der Waals surface area contributed by atoms with Crippen LogP contribution < -0.4 is 10.3 Å². The Balaban J connectivity index is 1.73. The standard InChI is InChI=1S/C14H19N5O3/c1-9-7-10(2)16-14(15-9)17-19-12(20)8-11(13(19)21)18-3-5-22-6-4-18/h7,11H,3-6,8H2,1-2H3,(H,15,16,17)/p+1/t11-/m0/s1. The maximum absolute atomic E-state index is 12.5. The number of ether oxygens (including phenoxy) is 1. The highest BCUT2D eigenvalue weighted by Gasteiger charge is 2.46. The average molecular weight is 306 g/mol. The number of morpholine rings is 1. The molecular weight excluding hydrogens is 286 g/mol. The summed E-state index contributed by atoms with van der Waals surface area (Å²) in [6.07, 6.45) is 0.214. The molecular formula is C14H20N5O3+. The van der Waals surface area contributed by atoms with Crippen molar-refractivity contribution in [1.82, 2.24) is 15.0 Å². The van der Waals surface area contributed by atoms with Gasteiger partial charge in [0.1, 0.15) is 13.1 Å². The lowest BCUT2D eigenvalue weighted by Crippen LogP contribution is -3.18. The van der Waals surface area contributed by atoms with E-state index >= 15 is 0 Å². The van der Waals surface area contributed by atoms with Gasteiger partial charge in [0.15, 0.2) is 6.04 Å². The predicted molar refractivity (Wildman–Crippen MR) is 76.9 cm³/mol. The van der Waals surface area contributed by atoms with Crippen molar-refractivity contribution in [2.24, 2.45) is 0 Å². The van der Waals surface area contributed by atoms with E-state index < -0.39 is 0 Å². The predicted octanol–water partition coefficient (Wildman–Crippen LogP) is -1.54. The van der Waals surface area contributed by atoms with Gasteiger partial charge in [-0.1, -0.05) is 0 Å². The van der Waals surface area contributed by atoms with Crippen molar-refractivity contribution in [2.75, 3.05) is 31.7 Å². The number of carbonyl (C=O) groups excluding carboxylic acids is 2. The molecule has 0 radical (unpaired) electrons. The van der Waals surface area contributed by atoms with Gasteiger partial charge in [-0.15, -0.1) is 0 Å². The zero-order chi connectivity index (χ0) is 15.7. The van der Waals surface area contributed by atoms with Gasteiger partial charge in [-0.3, -0.25) is 15.0 Å². The summed E-state index contributed by atoms with van der Waals surface area (Å²) in [6.45, 7) is 6.43. The van der Waals surface area contributed by atoms with E-state index in [1.807, 2.05) is 19.9 Å². The summed E-state index contributed by atoms with van der Waals surface area (Å²) in [5.41, 5.74) is 4.32. The van der Waals surface area contributed by atoms with Crippen LogP contribution in [-0.2, 0) is 14.3 Å². The number of aromatic nitrogens is 2. The van der Waals surface area contributed by atoms with Crippen molar-refractivity contribution in [3.8, 4) is 0 Å². The molecule has 8 heteroatoms. The fourth-order valence-corrected chi connectivity index (χ4v) is 2.93. The maximum atomic E-state index is 12.5. The number of amides is 2. The maximum Gasteiger partial charge on any atom is 0.306 e. The van der Waals surface area contributed by atoms with Gasteiger partial charge in [0.2, 0.25) is 5.95 Å². The van der Waals surface area contributed by atoms with Crippen LogP contribution in [-0.4, -0.2) is 59.1 Å². The van der Waals surface area contributed by atoms with E-state index in [0.29, 0.717) is 13.2 Å². The summed E-state index contributed by atoms with van der Waals surface area (Å²) in [5.74, 6) is -0.182. The second-order valence-corrected chi connectivity index (χ2v) is 5.68. The number of hydrazine groups is 1.